The third kappa shape index (κ3) is 4.14. The second kappa shape index (κ2) is 10.2. The van der Waals surface area contributed by atoms with Crippen LogP contribution >= 0.6 is 0 Å². The van der Waals surface area contributed by atoms with Gasteiger partial charge in [-0.05, 0) is 43.3 Å². The lowest BCUT2D eigenvalue weighted by atomic mass is 9.99. The number of phenols is 4. The Hall–Kier alpha value is -6.04. The van der Waals surface area contributed by atoms with Gasteiger partial charge in [0.15, 0.2) is 28.6 Å². The predicted molar refractivity (Wildman–Crippen MR) is 177 cm³/mol. The van der Waals surface area contributed by atoms with Crippen LogP contribution in [0, 0.1) is 0 Å². The van der Waals surface area contributed by atoms with Gasteiger partial charge in [0, 0.05) is 31.8 Å². The van der Waals surface area contributed by atoms with Gasteiger partial charge in [-0.25, -0.2) is 0 Å². The van der Waals surface area contributed by atoms with E-state index >= 15 is 0 Å². The number of rotatable bonds is 4. The van der Waals surface area contributed by atoms with E-state index in [4.69, 9.17) is 18.9 Å². The number of phenolic OH excluding ortho intramolecular Hbond substituents is 4. The summed E-state index contributed by atoms with van der Waals surface area (Å²) in [6.07, 6.45) is 3.23. The quantitative estimate of drug-likeness (QED) is 0.198. The first-order valence-corrected chi connectivity index (χ1v) is 14.5. The average molecular weight is 639 g/mol. The lowest BCUT2D eigenvalue weighted by molar-refractivity contribution is 0.0461. The highest BCUT2D eigenvalue weighted by molar-refractivity contribution is 6.04. The third-order valence-corrected chi connectivity index (χ3v) is 8.76. The van der Waals surface area contributed by atoms with Crippen LogP contribution in [-0.2, 0) is 14.1 Å². The summed E-state index contributed by atoms with van der Waals surface area (Å²) in [5, 5.41) is 43.5. The molecule has 0 bridgehead atoms. The number of para-hydroxylation sites is 1. The second-order valence-electron chi connectivity index (χ2n) is 11.7. The summed E-state index contributed by atoms with van der Waals surface area (Å²) in [5.41, 5.74) is -0.623. The maximum Gasteiger partial charge on any atom is 0.201 e. The number of nitrogens with zero attached hydrogens (tertiary/aromatic N) is 2. The maximum absolute atomic E-state index is 13.7. The zero-order chi connectivity index (χ0) is 33.5. The van der Waals surface area contributed by atoms with E-state index in [-0.39, 0.29) is 68.1 Å². The molecule has 0 fully saturated rings. The zero-order valence-electron chi connectivity index (χ0n) is 26.0. The van der Waals surface area contributed by atoms with Crippen LogP contribution in [0.15, 0.2) is 58.1 Å². The van der Waals surface area contributed by atoms with Gasteiger partial charge >= 0.3 is 0 Å². The number of hydrogen-bond donors (Lipinski definition) is 4. The fourth-order valence-electron chi connectivity index (χ4n) is 6.59. The number of aromatic nitrogens is 2. The molecule has 2 aromatic heterocycles. The molecule has 0 spiro atoms. The normalized spacial score (nSPS) is 16.1. The SMILES string of the molecule is COc1cc(O)c2c(=O)c3ccc4c(c3n(C)c2c1OC)OCC(C)(/C=C/c1c(O)cc(O)c2c(=O)c3cccc(O)c3n(C)c12)O4. The third-order valence-electron chi connectivity index (χ3n) is 8.76. The van der Waals surface area contributed by atoms with Crippen molar-refractivity contribution in [2.24, 2.45) is 14.1 Å². The van der Waals surface area contributed by atoms with Crippen molar-refractivity contribution in [2.45, 2.75) is 12.5 Å². The van der Waals surface area contributed by atoms with Crippen molar-refractivity contribution in [1.29, 1.82) is 0 Å². The van der Waals surface area contributed by atoms with Crippen LogP contribution in [0.25, 0.3) is 49.7 Å². The topological polar surface area (TPSA) is 162 Å². The molecule has 4 N–H and O–H groups in total. The van der Waals surface area contributed by atoms with Gasteiger partial charge in [0.25, 0.3) is 0 Å². The number of aromatic hydroxyl groups is 4. The second-order valence-corrected chi connectivity index (χ2v) is 11.7. The molecule has 6 aromatic rings. The van der Waals surface area contributed by atoms with Crippen molar-refractivity contribution < 1.29 is 39.4 Å². The maximum atomic E-state index is 13.7. The largest absolute Gasteiger partial charge is 0.507 e. The first kappa shape index (κ1) is 29.7. The molecule has 0 saturated heterocycles. The van der Waals surface area contributed by atoms with Gasteiger partial charge in [0.05, 0.1) is 52.3 Å². The molecular formula is C35H30N2O10. The summed E-state index contributed by atoms with van der Waals surface area (Å²) in [6.45, 7) is 1.75. The molecule has 0 aliphatic carbocycles. The molecule has 12 nitrogen and oxygen atoms in total. The predicted octanol–water partition coefficient (Wildman–Crippen LogP) is 4.78. The van der Waals surface area contributed by atoms with E-state index < -0.39 is 22.2 Å². The highest BCUT2D eigenvalue weighted by Crippen LogP contribution is 2.46. The highest BCUT2D eigenvalue weighted by atomic mass is 16.6. The van der Waals surface area contributed by atoms with Crippen LogP contribution in [0.2, 0.25) is 0 Å². The molecule has 7 rings (SSSR count). The number of hydrogen-bond acceptors (Lipinski definition) is 10. The molecule has 0 radical (unpaired) electrons. The Balaban J connectivity index is 1.38. The van der Waals surface area contributed by atoms with Crippen molar-refractivity contribution in [3.63, 3.8) is 0 Å². The molecule has 0 saturated carbocycles. The lowest BCUT2D eigenvalue weighted by Crippen LogP contribution is -2.40. The van der Waals surface area contributed by atoms with Crippen LogP contribution in [-0.4, -0.2) is 56.0 Å². The number of benzene rings is 4. The first-order valence-electron chi connectivity index (χ1n) is 14.5. The van der Waals surface area contributed by atoms with Crippen molar-refractivity contribution in [2.75, 3.05) is 20.8 Å². The van der Waals surface area contributed by atoms with Crippen LogP contribution in [0.4, 0.5) is 0 Å². The molecule has 0 amide bonds. The number of methoxy groups -OCH3 is 2. The van der Waals surface area contributed by atoms with E-state index in [1.54, 1.807) is 66.6 Å². The summed E-state index contributed by atoms with van der Waals surface area (Å²) in [6, 6.07) is 10.2. The summed E-state index contributed by atoms with van der Waals surface area (Å²) in [5.74, 6) is 0.0785. The molecule has 4 aromatic carbocycles. The van der Waals surface area contributed by atoms with Crippen LogP contribution < -0.4 is 29.8 Å². The van der Waals surface area contributed by atoms with Gasteiger partial charge in [-0.15, -0.1) is 0 Å². The smallest absolute Gasteiger partial charge is 0.201 e. The van der Waals surface area contributed by atoms with Crippen molar-refractivity contribution in [1.82, 2.24) is 9.13 Å². The Morgan fingerprint density at radius 2 is 1.45 bits per heavy atom. The summed E-state index contributed by atoms with van der Waals surface area (Å²) in [4.78, 5) is 27.1. The number of ether oxygens (including phenoxy) is 4. The Morgan fingerprint density at radius 1 is 0.787 bits per heavy atom. The number of pyridine rings is 2. The summed E-state index contributed by atoms with van der Waals surface area (Å²) in [7, 11) is 6.22. The van der Waals surface area contributed by atoms with E-state index in [9.17, 15) is 30.0 Å². The van der Waals surface area contributed by atoms with Gasteiger partial charge in [-0.3, -0.25) is 9.59 Å². The van der Waals surface area contributed by atoms with E-state index in [1.807, 2.05) is 0 Å². The van der Waals surface area contributed by atoms with Gasteiger partial charge < -0.3 is 48.5 Å². The van der Waals surface area contributed by atoms with Crippen LogP contribution in [0.5, 0.6) is 46.0 Å². The van der Waals surface area contributed by atoms with Crippen molar-refractivity contribution in [3.8, 4) is 46.0 Å². The molecule has 3 heterocycles. The Kier molecular flexibility index (Phi) is 6.46. The Bertz CT molecular complexity index is 2500. The van der Waals surface area contributed by atoms with Gasteiger partial charge in [0.2, 0.25) is 10.9 Å². The fraction of sp³-hybridized carbons (Fsp3) is 0.200. The van der Waals surface area contributed by atoms with Gasteiger partial charge in [0.1, 0.15) is 35.1 Å². The molecular weight excluding hydrogens is 608 g/mol. The molecule has 1 atom stereocenters. The van der Waals surface area contributed by atoms with E-state index in [2.05, 4.69) is 0 Å². The standard InChI is InChI=1S/C35H30N2O10/c1-35(12-11-16-20(39)13-21(40)25-28(16)36(2)27-17(31(25)42)7-6-8-19(27)38)15-46-34-23(47-35)10-9-18-29(34)37(3)30-26(32(18)43)22(41)14-24(44-4)33(30)45-5/h6-14,38-41H,15H2,1-5H3/b12-11+. The lowest BCUT2D eigenvalue weighted by Gasteiger charge is -2.34. The average Bonchev–Trinajstić information content (AvgIpc) is 3.04. The number of fused-ring (bicyclic) bond motifs is 6. The van der Waals surface area contributed by atoms with E-state index in [1.165, 1.54) is 26.4 Å². The van der Waals surface area contributed by atoms with Gasteiger partial charge in [-0.1, -0.05) is 6.07 Å². The van der Waals surface area contributed by atoms with E-state index in [0.29, 0.717) is 27.9 Å². The van der Waals surface area contributed by atoms with Crippen molar-refractivity contribution >= 4 is 49.7 Å². The van der Waals surface area contributed by atoms with Crippen molar-refractivity contribution in [3.05, 3.63) is 74.6 Å². The molecule has 1 aliphatic rings. The first-order chi connectivity index (χ1) is 22.4. The molecule has 1 unspecified atom stereocenters. The fourth-order valence-corrected chi connectivity index (χ4v) is 6.59. The summed E-state index contributed by atoms with van der Waals surface area (Å²) >= 11 is 0. The zero-order valence-corrected chi connectivity index (χ0v) is 26.0. The summed E-state index contributed by atoms with van der Waals surface area (Å²) < 4.78 is 26.9. The van der Waals surface area contributed by atoms with Crippen LogP contribution in [0.1, 0.15) is 12.5 Å². The minimum absolute atomic E-state index is 0.0121. The molecule has 240 valence electrons. The molecule has 47 heavy (non-hydrogen) atoms. The molecule has 1 aliphatic heterocycles. The molecule has 12 heteroatoms. The Labute approximate surface area is 266 Å². The monoisotopic (exact) mass is 638 g/mol. The minimum atomic E-state index is -1.09. The van der Waals surface area contributed by atoms with Gasteiger partial charge in [-0.2, -0.15) is 0 Å². The van der Waals surface area contributed by atoms with Crippen LogP contribution in [0.3, 0.4) is 0 Å². The highest BCUT2D eigenvalue weighted by Gasteiger charge is 2.34. The minimum Gasteiger partial charge on any atom is -0.507 e. The number of aryl methyl sites for hydroxylation is 2. The van der Waals surface area contributed by atoms with E-state index in [0.717, 1.165) is 6.07 Å². The Morgan fingerprint density at radius 3 is 2.15 bits per heavy atom.